The van der Waals surface area contributed by atoms with Gasteiger partial charge in [0, 0.05) is 6.54 Å². The van der Waals surface area contributed by atoms with Gasteiger partial charge in [0.25, 0.3) is 0 Å². The summed E-state index contributed by atoms with van der Waals surface area (Å²) in [6.45, 7) is 2.93. The molecule has 2 N–H and O–H groups in total. The second-order valence-corrected chi connectivity index (χ2v) is 4.87. The molecule has 0 bridgehead atoms. The van der Waals surface area contributed by atoms with Crippen molar-refractivity contribution in [2.24, 2.45) is 0 Å². The van der Waals surface area contributed by atoms with E-state index in [-0.39, 0.29) is 11.6 Å². The number of aromatic nitrogens is 4. The van der Waals surface area contributed by atoms with Gasteiger partial charge in [0.2, 0.25) is 5.95 Å². The number of fused-ring (bicyclic) bond motifs is 1. The number of hydrogen-bond acceptors (Lipinski definition) is 4. The Balaban J connectivity index is 2.07. The van der Waals surface area contributed by atoms with Gasteiger partial charge in [-0.25, -0.2) is 19.3 Å². The van der Waals surface area contributed by atoms with Crippen molar-refractivity contribution in [2.45, 2.75) is 26.3 Å². The van der Waals surface area contributed by atoms with Crippen LogP contribution in [0.15, 0.2) is 30.5 Å². The van der Waals surface area contributed by atoms with E-state index in [1.807, 2.05) is 24.3 Å². The summed E-state index contributed by atoms with van der Waals surface area (Å²) in [7, 11) is 0. The van der Waals surface area contributed by atoms with E-state index in [2.05, 4.69) is 26.4 Å². The van der Waals surface area contributed by atoms with Crippen molar-refractivity contribution >= 4 is 17.0 Å². The molecule has 6 heteroatoms. The molecular formula is C15H16FN5. The van der Waals surface area contributed by atoms with Crippen molar-refractivity contribution in [3.05, 3.63) is 47.8 Å². The van der Waals surface area contributed by atoms with Gasteiger partial charge in [-0.15, -0.1) is 0 Å². The highest BCUT2D eigenvalue weighted by atomic mass is 19.1. The number of aryl methyl sites for hydroxylation is 1. The van der Waals surface area contributed by atoms with Crippen LogP contribution in [0.1, 0.15) is 24.9 Å². The summed E-state index contributed by atoms with van der Waals surface area (Å²) in [6.07, 6.45) is 2.37. The maximum Gasteiger partial charge on any atom is 0.220 e. The highest BCUT2D eigenvalue weighted by Crippen LogP contribution is 2.19. The van der Waals surface area contributed by atoms with Crippen LogP contribution in [0.25, 0.3) is 11.0 Å². The normalized spacial score (nSPS) is 11.1. The van der Waals surface area contributed by atoms with Crippen molar-refractivity contribution < 1.29 is 4.39 Å². The van der Waals surface area contributed by atoms with Gasteiger partial charge in [-0.3, -0.25) is 0 Å². The van der Waals surface area contributed by atoms with E-state index in [4.69, 9.17) is 5.73 Å². The van der Waals surface area contributed by atoms with Gasteiger partial charge in [-0.05, 0) is 18.6 Å². The maximum absolute atomic E-state index is 13.8. The van der Waals surface area contributed by atoms with Crippen molar-refractivity contribution in [1.82, 2.24) is 19.5 Å². The summed E-state index contributed by atoms with van der Waals surface area (Å²) in [5.74, 6) is 0.402. The summed E-state index contributed by atoms with van der Waals surface area (Å²) in [5, 5.41) is 0. The number of imidazole rings is 1. The number of anilines is 1. The number of hydrogen-bond donors (Lipinski definition) is 1. The molecule has 3 rings (SSSR count). The lowest BCUT2D eigenvalue weighted by Gasteiger charge is -2.08. The molecule has 108 valence electrons. The molecule has 0 aliphatic heterocycles. The van der Waals surface area contributed by atoms with Crippen molar-refractivity contribution in [1.29, 1.82) is 0 Å². The topological polar surface area (TPSA) is 69.6 Å². The number of nitrogen functional groups attached to an aromatic ring is 1. The zero-order chi connectivity index (χ0) is 14.8. The van der Waals surface area contributed by atoms with Crippen LogP contribution < -0.4 is 5.73 Å². The molecule has 2 aromatic heterocycles. The third-order valence-corrected chi connectivity index (χ3v) is 3.34. The Labute approximate surface area is 121 Å². The van der Waals surface area contributed by atoms with Gasteiger partial charge in [0.05, 0.1) is 29.3 Å². The zero-order valence-electron chi connectivity index (χ0n) is 11.8. The number of halogens is 1. The Morgan fingerprint density at radius 3 is 2.86 bits per heavy atom. The van der Waals surface area contributed by atoms with Crippen LogP contribution in [0, 0.1) is 5.82 Å². The second kappa shape index (κ2) is 5.47. The molecule has 1 aromatic carbocycles. The fourth-order valence-electron chi connectivity index (χ4n) is 2.43. The Hall–Kier alpha value is -2.50. The minimum atomic E-state index is -0.459. The zero-order valence-corrected chi connectivity index (χ0v) is 11.8. The average molecular weight is 285 g/mol. The van der Waals surface area contributed by atoms with Gasteiger partial charge < -0.3 is 10.3 Å². The highest BCUT2D eigenvalue weighted by molar-refractivity contribution is 5.76. The molecule has 0 saturated heterocycles. The quantitative estimate of drug-likeness (QED) is 0.799. The molecule has 21 heavy (non-hydrogen) atoms. The monoisotopic (exact) mass is 285 g/mol. The first kappa shape index (κ1) is 13.5. The van der Waals surface area contributed by atoms with Gasteiger partial charge in [0.15, 0.2) is 5.82 Å². The molecular weight excluding hydrogens is 269 g/mol. The highest BCUT2D eigenvalue weighted by Gasteiger charge is 2.14. The maximum atomic E-state index is 13.8. The third kappa shape index (κ3) is 2.56. The molecule has 2 heterocycles. The standard InChI is InChI=1S/C15H16FN5/c1-2-7-21-13-6-4-3-5-11(13)19-14(21)8-12-10(16)9-18-15(17)20-12/h3-6,9H,2,7-8H2,1H3,(H2,17,18,20). The van der Waals surface area contributed by atoms with Gasteiger partial charge in [-0.2, -0.15) is 0 Å². The van der Waals surface area contributed by atoms with Crippen LogP contribution >= 0.6 is 0 Å². The van der Waals surface area contributed by atoms with E-state index in [9.17, 15) is 4.39 Å². The molecule has 0 radical (unpaired) electrons. The van der Waals surface area contributed by atoms with Crippen LogP contribution in [0.4, 0.5) is 10.3 Å². The average Bonchev–Trinajstić information content (AvgIpc) is 2.81. The van der Waals surface area contributed by atoms with E-state index < -0.39 is 5.82 Å². The van der Waals surface area contributed by atoms with Gasteiger partial charge in [0.1, 0.15) is 5.82 Å². The molecule has 0 saturated carbocycles. The molecule has 0 aliphatic carbocycles. The SMILES string of the molecule is CCCn1c(Cc2nc(N)ncc2F)nc2ccccc21. The van der Waals surface area contributed by atoms with E-state index in [1.165, 1.54) is 0 Å². The molecule has 0 unspecified atom stereocenters. The van der Waals surface area contributed by atoms with Gasteiger partial charge >= 0.3 is 0 Å². The number of rotatable bonds is 4. The minimum Gasteiger partial charge on any atom is -0.368 e. The lowest BCUT2D eigenvalue weighted by Crippen LogP contribution is -2.08. The fraction of sp³-hybridized carbons (Fsp3) is 0.267. The summed E-state index contributed by atoms with van der Waals surface area (Å²) < 4.78 is 15.9. The van der Waals surface area contributed by atoms with Gasteiger partial charge in [-0.1, -0.05) is 19.1 Å². The van der Waals surface area contributed by atoms with Crippen LogP contribution in [-0.4, -0.2) is 19.5 Å². The van der Waals surface area contributed by atoms with Crippen LogP contribution in [0.2, 0.25) is 0 Å². The Morgan fingerprint density at radius 1 is 1.24 bits per heavy atom. The Kier molecular flexibility index (Phi) is 3.51. The largest absolute Gasteiger partial charge is 0.368 e. The van der Waals surface area contributed by atoms with E-state index >= 15 is 0 Å². The lowest BCUT2D eigenvalue weighted by atomic mass is 10.2. The first-order valence-corrected chi connectivity index (χ1v) is 6.90. The van der Waals surface area contributed by atoms with Crippen molar-refractivity contribution in [3.8, 4) is 0 Å². The number of para-hydroxylation sites is 2. The van der Waals surface area contributed by atoms with E-state index in [0.717, 1.165) is 36.0 Å². The Bertz CT molecular complexity index is 781. The molecule has 0 amide bonds. The summed E-state index contributed by atoms with van der Waals surface area (Å²) in [4.78, 5) is 12.2. The predicted octanol–water partition coefficient (Wildman–Crippen LogP) is 2.55. The number of nitrogens with zero attached hydrogens (tertiary/aromatic N) is 4. The second-order valence-electron chi connectivity index (χ2n) is 4.87. The lowest BCUT2D eigenvalue weighted by molar-refractivity contribution is 0.588. The van der Waals surface area contributed by atoms with Crippen molar-refractivity contribution in [2.75, 3.05) is 5.73 Å². The van der Waals surface area contributed by atoms with Crippen LogP contribution in [0.5, 0.6) is 0 Å². The number of benzene rings is 1. The van der Waals surface area contributed by atoms with E-state index in [1.54, 1.807) is 0 Å². The third-order valence-electron chi connectivity index (χ3n) is 3.34. The molecule has 0 fully saturated rings. The van der Waals surface area contributed by atoms with Crippen LogP contribution in [-0.2, 0) is 13.0 Å². The minimum absolute atomic E-state index is 0.0737. The van der Waals surface area contributed by atoms with Crippen molar-refractivity contribution in [3.63, 3.8) is 0 Å². The predicted molar refractivity (Wildman–Crippen MR) is 79.2 cm³/mol. The summed E-state index contributed by atoms with van der Waals surface area (Å²) in [6, 6.07) is 7.89. The Morgan fingerprint density at radius 2 is 2.05 bits per heavy atom. The molecule has 0 spiro atoms. The molecule has 0 aliphatic rings. The first-order valence-electron chi connectivity index (χ1n) is 6.90. The fourth-order valence-corrected chi connectivity index (χ4v) is 2.43. The summed E-state index contributed by atoms with van der Waals surface area (Å²) in [5.41, 5.74) is 7.77. The first-order chi connectivity index (χ1) is 10.2. The molecule has 3 aromatic rings. The number of nitrogens with two attached hydrogens (primary N) is 1. The van der Waals surface area contributed by atoms with E-state index in [0.29, 0.717) is 6.42 Å². The molecule has 0 atom stereocenters. The summed E-state index contributed by atoms with van der Waals surface area (Å²) >= 11 is 0. The van der Waals surface area contributed by atoms with Crippen LogP contribution in [0.3, 0.4) is 0 Å². The molecule has 5 nitrogen and oxygen atoms in total. The smallest absolute Gasteiger partial charge is 0.220 e.